The van der Waals surface area contributed by atoms with E-state index in [4.69, 9.17) is 9.47 Å². The number of para-hydroxylation sites is 1. The maximum atomic E-state index is 12.7. The molecular formula is C30H35N3O7S. The molecule has 2 N–H and O–H groups in total. The zero-order valence-corrected chi connectivity index (χ0v) is 24.0. The highest BCUT2D eigenvalue weighted by atomic mass is 32.2. The lowest BCUT2D eigenvalue weighted by Crippen LogP contribution is -2.31. The Morgan fingerprint density at radius 1 is 0.976 bits per heavy atom. The average molecular weight is 582 g/mol. The number of carbonyl (C=O) groups excluding carboxylic acids is 3. The van der Waals surface area contributed by atoms with Gasteiger partial charge in [0.2, 0.25) is 0 Å². The number of hydrogen-bond acceptors (Lipinski definition) is 8. The summed E-state index contributed by atoms with van der Waals surface area (Å²) in [5.41, 5.74) is 0.804. The second kappa shape index (κ2) is 15.5. The first-order valence-electron chi connectivity index (χ1n) is 13.4. The van der Waals surface area contributed by atoms with E-state index in [1.807, 2.05) is 29.8 Å². The van der Waals surface area contributed by atoms with Crippen LogP contribution in [0, 0.1) is 5.92 Å². The normalized spacial score (nSPS) is 11.8. The van der Waals surface area contributed by atoms with E-state index in [-0.39, 0.29) is 41.2 Å². The number of benzene rings is 2. The Hall–Kier alpha value is -4.25. The fourth-order valence-electron chi connectivity index (χ4n) is 3.71. The summed E-state index contributed by atoms with van der Waals surface area (Å²) < 4.78 is 38.1. The summed E-state index contributed by atoms with van der Waals surface area (Å²) >= 11 is 0. The number of ether oxygens (including phenoxy) is 2. The molecule has 1 atom stereocenters. The lowest BCUT2D eigenvalue weighted by Gasteiger charge is -2.11. The van der Waals surface area contributed by atoms with Gasteiger partial charge in [-0.3, -0.25) is 9.59 Å². The zero-order chi connectivity index (χ0) is 29.7. The number of unbranched alkanes of at least 4 members (excludes halogenated alkanes) is 1. The second-order valence-corrected chi connectivity index (χ2v) is 11.2. The van der Waals surface area contributed by atoms with Crippen molar-refractivity contribution in [3.63, 3.8) is 0 Å². The minimum Gasteiger partial charge on any atom is -0.484 e. The highest BCUT2D eigenvalue weighted by Gasteiger charge is 2.20. The fraction of sp³-hybridized carbons (Fsp3) is 0.333. The van der Waals surface area contributed by atoms with E-state index < -0.39 is 21.9 Å². The van der Waals surface area contributed by atoms with Crippen LogP contribution in [0.25, 0.3) is 0 Å². The third kappa shape index (κ3) is 10.3. The Morgan fingerprint density at radius 2 is 1.71 bits per heavy atom. The van der Waals surface area contributed by atoms with Gasteiger partial charge in [0.1, 0.15) is 11.4 Å². The largest absolute Gasteiger partial charge is 0.484 e. The maximum Gasteiger partial charge on any atom is 0.356 e. The number of sulfonamides is 1. The SMILES string of the molecule is CCCCC(C)COC(=O)c1ccc(C(=O)NS(=O)(=O)c2ccc(CCNC(=O)COc3ccccc3)cc2)cn1. The summed E-state index contributed by atoms with van der Waals surface area (Å²) in [6.45, 7) is 4.61. The van der Waals surface area contributed by atoms with Gasteiger partial charge in [-0.25, -0.2) is 22.9 Å². The standard InChI is InChI=1S/C30H35N3O7S/c1-3-4-8-22(2)20-40-30(36)27-16-13-24(19-32-27)29(35)33-41(37,38)26-14-11-23(12-15-26)17-18-31-28(34)21-39-25-9-6-5-7-10-25/h5-7,9-16,19,22H,3-4,8,17-18,20-21H2,1-2H3,(H,31,34)(H,33,35). The molecule has 2 amide bonds. The monoisotopic (exact) mass is 581 g/mol. The molecule has 11 heteroatoms. The molecule has 41 heavy (non-hydrogen) atoms. The van der Waals surface area contributed by atoms with Crippen molar-refractivity contribution in [2.24, 2.45) is 5.92 Å². The topological polar surface area (TPSA) is 141 Å². The number of carbonyl (C=O) groups is 3. The molecule has 3 rings (SSSR count). The second-order valence-electron chi connectivity index (χ2n) is 9.56. The lowest BCUT2D eigenvalue weighted by atomic mass is 10.1. The van der Waals surface area contributed by atoms with Gasteiger partial charge in [0, 0.05) is 12.7 Å². The van der Waals surface area contributed by atoms with Crippen molar-refractivity contribution in [1.82, 2.24) is 15.0 Å². The number of aromatic nitrogens is 1. The van der Waals surface area contributed by atoms with Gasteiger partial charge in [0.05, 0.1) is 17.1 Å². The molecule has 0 aliphatic heterocycles. The number of nitrogens with zero attached hydrogens (tertiary/aromatic N) is 1. The summed E-state index contributed by atoms with van der Waals surface area (Å²) in [5, 5.41) is 2.75. The molecule has 1 heterocycles. The van der Waals surface area contributed by atoms with Crippen molar-refractivity contribution in [1.29, 1.82) is 0 Å². The van der Waals surface area contributed by atoms with Gasteiger partial charge in [-0.2, -0.15) is 0 Å². The first-order valence-corrected chi connectivity index (χ1v) is 14.9. The van der Waals surface area contributed by atoms with Crippen LogP contribution in [0.2, 0.25) is 0 Å². The molecule has 10 nitrogen and oxygen atoms in total. The number of amides is 2. The first kappa shape index (κ1) is 31.3. The van der Waals surface area contributed by atoms with E-state index >= 15 is 0 Å². The fourth-order valence-corrected chi connectivity index (χ4v) is 4.69. The quantitative estimate of drug-likeness (QED) is 0.257. The van der Waals surface area contributed by atoms with E-state index in [9.17, 15) is 22.8 Å². The van der Waals surface area contributed by atoms with Crippen LogP contribution < -0.4 is 14.8 Å². The van der Waals surface area contributed by atoms with Crippen molar-refractivity contribution < 1.29 is 32.3 Å². The molecule has 0 saturated heterocycles. The summed E-state index contributed by atoms with van der Waals surface area (Å²) in [7, 11) is -4.15. The summed E-state index contributed by atoms with van der Waals surface area (Å²) in [4.78, 5) is 40.6. The Kier molecular flexibility index (Phi) is 11.8. The minimum absolute atomic E-state index is 0.0231. The number of hydrogen-bond donors (Lipinski definition) is 2. The number of pyridine rings is 1. The number of rotatable bonds is 15. The first-order chi connectivity index (χ1) is 19.7. The molecule has 0 spiro atoms. The summed E-state index contributed by atoms with van der Waals surface area (Å²) in [6.07, 6.45) is 4.68. The Labute approximate surface area is 240 Å². The molecule has 1 aromatic heterocycles. The van der Waals surface area contributed by atoms with Crippen LogP contribution in [0.4, 0.5) is 0 Å². The smallest absolute Gasteiger partial charge is 0.356 e. The van der Waals surface area contributed by atoms with Crippen LogP contribution in [0.1, 0.15) is 59.5 Å². The molecule has 0 radical (unpaired) electrons. The molecule has 0 fully saturated rings. The molecular weight excluding hydrogens is 546 g/mol. The van der Waals surface area contributed by atoms with Crippen LogP contribution >= 0.6 is 0 Å². The van der Waals surface area contributed by atoms with E-state index in [1.165, 1.54) is 24.3 Å². The highest BCUT2D eigenvalue weighted by molar-refractivity contribution is 7.90. The minimum atomic E-state index is -4.15. The van der Waals surface area contributed by atoms with Crippen molar-refractivity contribution >= 4 is 27.8 Å². The number of esters is 1. The van der Waals surface area contributed by atoms with Gasteiger partial charge in [-0.1, -0.05) is 57.0 Å². The molecule has 0 aliphatic rings. The van der Waals surface area contributed by atoms with Crippen LogP contribution in [-0.2, 0) is 26.0 Å². The lowest BCUT2D eigenvalue weighted by molar-refractivity contribution is -0.123. The summed E-state index contributed by atoms with van der Waals surface area (Å²) in [6, 6.07) is 17.6. The van der Waals surface area contributed by atoms with E-state index in [1.54, 1.807) is 24.3 Å². The Morgan fingerprint density at radius 3 is 2.37 bits per heavy atom. The zero-order valence-electron chi connectivity index (χ0n) is 23.2. The van der Waals surface area contributed by atoms with Crippen LogP contribution in [0.15, 0.2) is 77.8 Å². The van der Waals surface area contributed by atoms with Gasteiger partial charge < -0.3 is 14.8 Å². The Bertz CT molecular complexity index is 1390. The van der Waals surface area contributed by atoms with Gasteiger partial charge in [-0.15, -0.1) is 0 Å². The highest BCUT2D eigenvalue weighted by Crippen LogP contribution is 2.13. The van der Waals surface area contributed by atoms with Crippen LogP contribution in [0.3, 0.4) is 0 Å². The number of nitrogens with one attached hydrogen (secondary N) is 2. The Balaban J connectivity index is 1.45. The van der Waals surface area contributed by atoms with E-state index in [0.717, 1.165) is 31.0 Å². The van der Waals surface area contributed by atoms with Crippen LogP contribution in [-0.4, -0.2) is 50.9 Å². The molecule has 2 aromatic carbocycles. The predicted octanol–water partition coefficient (Wildman–Crippen LogP) is 3.92. The van der Waals surface area contributed by atoms with Gasteiger partial charge >= 0.3 is 5.97 Å². The van der Waals surface area contributed by atoms with E-state index in [0.29, 0.717) is 18.7 Å². The molecule has 0 aliphatic carbocycles. The maximum absolute atomic E-state index is 12.7. The summed E-state index contributed by atoms with van der Waals surface area (Å²) in [5.74, 6) is -0.924. The molecule has 0 bridgehead atoms. The molecule has 218 valence electrons. The molecule has 1 unspecified atom stereocenters. The van der Waals surface area contributed by atoms with Gasteiger partial charge in [0.25, 0.3) is 21.8 Å². The molecule has 0 saturated carbocycles. The van der Waals surface area contributed by atoms with Crippen molar-refractivity contribution in [2.75, 3.05) is 19.8 Å². The van der Waals surface area contributed by atoms with Gasteiger partial charge in [0.15, 0.2) is 6.61 Å². The van der Waals surface area contributed by atoms with Crippen molar-refractivity contribution in [2.45, 2.75) is 44.4 Å². The molecule has 3 aromatic rings. The van der Waals surface area contributed by atoms with Crippen molar-refractivity contribution in [3.8, 4) is 5.75 Å². The van der Waals surface area contributed by atoms with Crippen LogP contribution in [0.5, 0.6) is 5.75 Å². The van der Waals surface area contributed by atoms with Crippen molar-refractivity contribution in [3.05, 3.63) is 89.7 Å². The van der Waals surface area contributed by atoms with Gasteiger partial charge in [-0.05, 0) is 60.7 Å². The average Bonchev–Trinajstić information content (AvgIpc) is 2.98. The third-order valence-electron chi connectivity index (χ3n) is 6.09. The third-order valence-corrected chi connectivity index (χ3v) is 7.44. The predicted molar refractivity (Wildman–Crippen MR) is 153 cm³/mol. The van der Waals surface area contributed by atoms with E-state index in [2.05, 4.69) is 17.2 Å².